The van der Waals surface area contributed by atoms with E-state index in [9.17, 15) is 0 Å². The van der Waals surface area contributed by atoms with Crippen LogP contribution < -0.4 is 10.6 Å². The topological polar surface area (TPSA) is 78.8 Å². The first-order valence-electron chi connectivity index (χ1n) is 4.47. The molecule has 0 saturated carbocycles. The summed E-state index contributed by atoms with van der Waals surface area (Å²) in [5.41, 5.74) is 5.42. The molecule has 1 heterocycles. The van der Waals surface area contributed by atoms with Gasteiger partial charge in [0, 0.05) is 13.1 Å². The average molecular weight is 191 g/mol. The van der Waals surface area contributed by atoms with Gasteiger partial charge in [-0.1, -0.05) is 0 Å². The van der Waals surface area contributed by atoms with Crippen molar-refractivity contribution in [3.05, 3.63) is 12.4 Å². The molecule has 1 aromatic rings. The molecule has 0 unspecified atom stereocenters. The molecule has 0 amide bonds. The third kappa shape index (κ3) is 2.59. The van der Waals surface area contributed by atoms with Crippen molar-refractivity contribution in [1.29, 1.82) is 5.26 Å². The van der Waals surface area contributed by atoms with Crippen LogP contribution in [-0.4, -0.2) is 23.1 Å². The summed E-state index contributed by atoms with van der Waals surface area (Å²) in [4.78, 5) is 10.1. The Hall–Kier alpha value is -1.83. The minimum atomic E-state index is 0.407. The molecule has 0 radical (unpaired) electrons. The van der Waals surface area contributed by atoms with Crippen molar-refractivity contribution in [3.63, 3.8) is 0 Å². The molecule has 2 N–H and O–H groups in total. The summed E-state index contributed by atoms with van der Waals surface area (Å²) in [6, 6.07) is 2.10. The molecule has 0 aliphatic carbocycles. The lowest BCUT2D eigenvalue weighted by Gasteiger charge is -2.19. The van der Waals surface area contributed by atoms with Gasteiger partial charge in [0.15, 0.2) is 0 Å². The molecule has 74 valence electrons. The highest BCUT2D eigenvalue weighted by molar-refractivity contribution is 5.39. The van der Waals surface area contributed by atoms with E-state index in [1.165, 1.54) is 6.20 Å². The summed E-state index contributed by atoms with van der Waals surface area (Å²) >= 11 is 0. The predicted octanol–water partition coefficient (Wildman–Crippen LogP) is 0.799. The van der Waals surface area contributed by atoms with Gasteiger partial charge < -0.3 is 10.6 Å². The van der Waals surface area contributed by atoms with Crippen LogP contribution in [0.15, 0.2) is 12.4 Å². The molecule has 0 aliphatic heterocycles. The van der Waals surface area contributed by atoms with Gasteiger partial charge in [0.25, 0.3) is 0 Å². The highest BCUT2D eigenvalue weighted by Crippen LogP contribution is 2.09. The molecule has 0 spiro atoms. The highest BCUT2D eigenvalue weighted by atomic mass is 15.2. The summed E-state index contributed by atoms with van der Waals surface area (Å²) in [7, 11) is 0. The number of hydrogen-bond donors (Lipinski definition) is 1. The largest absolute Gasteiger partial charge is 0.382 e. The molecule has 0 fully saturated rings. The maximum atomic E-state index is 8.47. The van der Waals surface area contributed by atoms with Gasteiger partial charge in [0.05, 0.1) is 24.9 Å². The summed E-state index contributed by atoms with van der Waals surface area (Å²) in [5, 5.41) is 8.47. The van der Waals surface area contributed by atoms with Crippen molar-refractivity contribution in [2.75, 3.05) is 23.7 Å². The summed E-state index contributed by atoms with van der Waals surface area (Å²) < 4.78 is 0. The smallest absolute Gasteiger partial charge is 0.147 e. The van der Waals surface area contributed by atoms with Gasteiger partial charge in [-0.15, -0.1) is 0 Å². The minimum Gasteiger partial charge on any atom is -0.382 e. The van der Waals surface area contributed by atoms with Crippen LogP contribution in [0.1, 0.15) is 13.3 Å². The Labute approximate surface area is 83.2 Å². The van der Waals surface area contributed by atoms with Gasteiger partial charge in [-0.25, -0.2) is 9.97 Å². The third-order valence-corrected chi connectivity index (χ3v) is 1.86. The zero-order valence-corrected chi connectivity index (χ0v) is 8.14. The second-order valence-corrected chi connectivity index (χ2v) is 2.79. The van der Waals surface area contributed by atoms with Crippen LogP contribution in [0.25, 0.3) is 0 Å². The van der Waals surface area contributed by atoms with Gasteiger partial charge in [-0.05, 0) is 6.92 Å². The van der Waals surface area contributed by atoms with E-state index in [2.05, 4.69) is 16.0 Å². The lowest BCUT2D eigenvalue weighted by atomic mass is 10.4. The van der Waals surface area contributed by atoms with E-state index in [4.69, 9.17) is 11.0 Å². The first-order chi connectivity index (χ1) is 6.77. The molecule has 1 rings (SSSR count). The minimum absolute atomic E-state index is 0.407. The first-order valence-corrected chi connectivity index (χ1v) is 4.47. The van der Waals surface area contributed by atoms with Gasteiger partial charge in [0.2, 0.25) is 0 Å². The Morgan fingerprint density at radius 3 is 2.79 bits per heavy atom. The summed E-state index contributed by atoms with van der Waals surface area (Å²) in [6.07, 6.45) is 3.63. The van der Waals surface area contributed by atoms with Gasteiger partial charge >= 0.3 is 0 Å². The molecule has 0 aromatic carbocycles. The fourth-order valence-corrected chi connectivity index (χ4v) is 1.11. The molecule has 5 nitrogen and oxygen atoms in total. The van der Waals surface area contributed by atoms with E-state index in [0.717, 1.165) is 12.4 Å². The monoisotopic (exact) mass is 191 g/mol. The van der Waals surface area contributed by atoms with E-state index in [0.29, 0.717) is 18.8 Å². The zero-order valence-electron chi connectivity index (χ0n) is 8.14. The molecule has 14 heavy (non-hydrogen) atoms. The lowest BCUT2D eigenvalue weighted by Crippen LogP contribution is -2.24. The van der Waals surface area contributed by atoms with Crippen LogP contribution in [0.2, 0.25) is 0 Å². The number of aromatic nitrogens is 2. The lowest BCUT2D eigenvalue weighted by molar-refractivity contribution is 0.807. The van der Waals surface area contributed by atoms with Gasteiger partial charge in [0.1, 0.15) is 11.6 Å². The maximum Gasteiger partial charge on any atom is 0.147 e. The molecule has 0 aliphatic rings. The van der Waals surface area contributed by atoms with Crippen molar-refractivity contribution in [1.82, 2.24) is 9.97 Å². The van der Waals surface area contributed by atoms with Crippen molar-refractivity contribution in [2.24, 2.45) is 0 Å². The molecule has 0 saturated heterocycles. The zero-order chi connectivity index (χ0) is 10.4. The van der Waals surface area contributed by atoms with Crippen molar-refractivity contribution in [3.8, 4) is 6.07 Å². The number of nitrogens with zero attached hydrogens (tertiary/aromatic N) is 4. The van der Waals surface area contributed by atoms with Crippen LogP contribution >= 0.6 is 0 Å². The van der Waals surface area contributed by atoms with Crippen molar-refractivity contribution in [2.45, 2.75) is 13.3 Å². The van der Waals surface area contributed by atoms with E-state index in [-0.39, 0.29) is 0 Å². The predicted molar refractivity (Wildman–Crippen MR) is 54.6 cm³/mol. The number of anilines is 2. The summed E-state index contributed by atoms with van der Waals surface area (Å²) in [5.74, 6) is 1.17. The second kappa shape index (κ2) is 5.02. The van der Waals surface area contributed by atoms with Crippen LogP contribution in [0.4, 0.5) is 11.6 Å². The Balaban J connectivity index is 2.69. The van der Waals surface area contributed by atoms with E-state index < -0.39 is 0 Å². The Morgan fingerprint density at radius 2 is 2.29 bits per heavy atom. The van der Waals surface area contributed by atoms with Crippen LogP contribution in [0.3, 0.4) is 0 Å². The Kier molecular flexibility index (Phi) is 3.68. The third-order valence-electron chi connectivity index (χ3n) is 1.86. The quantitative estimate of drug-likeness (QED) is 0.761. The number of nitriles is 1. The van der Waals surface area contributed by atoms with Crippen molar-refractivity contribution >= 4 is 11.6 Å². The van der Waals surface area contributed by atoms with E-state index in [1.807, 2.05) is 11.8 Å². The van der Waals surface area contributed by atoms with Crippen LogP contribution in [0.5, 0.6) is 0 Å². The Bertz CT molecular complexity index is 313. The van der Waals surface area contributed by atoms with Crippen LogP contribution in [0, 0.1) is 11.3 Å². The highest BCUT2D eigenvalue weighted by Gasteiger charge is 2.04. The maximum absolute atomic E-state index is 8.47. The summed E-state index contributed by atoms with van der Waals surface area (Å²) in [6.45, 7) is 3.49. The fourth-order valence-electron chi connectivity index (χ4n) is 1.11. The number of nitrogen functional groups attached to an aromatic ring is 1. The molecule has 0 atom stereocenters. The molecule has 0 bridgehead atoms. The number of nitrogens with two attached hydrogens (primary N) is 1. The van der Waals surface area contributed by atoms with Crippen molar-refractivity contribution < 1.29 is 0 Å². The standard InChI is InChI=1S/C9H13N5/c1-2-14(5-3-4-10)9-7-12-8(11)6-13-9/h6-7H,2-3,5H2,1H3,(H2,11,12). The van der Waals surface area contributed by atoms with E-state index in [1.54, 1.807) is 6.20 Å². The normalized spacial score (nSPS) is 9.43. The molecule has 1 aromatic heterocycles. The second-order valence-electron chi connectivity index (χ2n) is 2.79. The van der Waals surface area contributed by atoms with E-state index >= 15 is 0 Å². The molecular formula is C9H13N5. The number of rotatable bonds is 4. The SMILES string of the molecule is CCN(CCC#N)c1cnc(N)cn1. The Morgan fingerprint density at radius 1 is 1.50 bits per heavy atom. The number of hydrogen-bond acceptors (Lipinski definition) is 5. The van der Waals surface area contributed by atoms with Gasteiger partial charge in [-0.2, -0.15) is 5.26 Å². The molecular weight excluding hydrogens is 178 g/mol. The average Bonchev–Trinajstić information content (AvgIpc) is 2.21. The van der Waals surface area contributed by atoms with Crippen LogP contribution in [-0.2, 0) is 0 Å². The van der Waals surface area contributed by atoms with Gasteiger partial charge in [-0.3, -0.25) is 0 Å². The molecule has 5 heteroatoms. The fraction of sp³-hybridized carbons (Fsp3) is 0.444. The first kappa shape index (κ1) is 10.3.